The first-order valence-electron chi connectivity index (χ1n) is 6.64. The first kappa shape index (κ1) is 15.4. The van der Waals surface area contributed by atoms with Gasteiger partial charge in [-0.05, 0) is 0 Å². The zero-order valence-electron chi connectivity index (χ0n) is 12.9. The quantitative estimate of drug-likeness (QED) is 0.693. The summed E-state index contributed by atoms with van der Waals surface area (Å²) in [5.74, 6) is 0. The molecule has 0 unspecified atom stereocenters. The van der Waals surface area contributed by atoms with Gasteiger partial charge in [-0.1, -0.05) is 0 Å². The van der Waals surface area contributed by atoms with E-state index in [0.717, 1.165) is 23.1 Å². The van der Waals surface area contributed by atoms with E-state index in [4.69, 9.17) is 9.96 Å². The van der Waals surface area contributed by atoms with Gasteiger partial charge in [-0.15, -0.1) is 0 Å². The third-order valence-electron chi connectivity index (χ3n) is 6.91. The molecule has 0 aromatic heterocycles. The van der Waals surface area contributed by atoms with E-state index in [0.29, 0.717) is 0 Å². The Kier molecular flexibility index (Phi) is 1.62. The van der Waals surface area contributed by atoms with Crippen molar-refractivity contribution in [2.24, 2.45) is 0 Å². The van der Waals surface area contributed by atoms with Crippen molar-refractivity contribution >= 4 is 0 Å². The summed E-state index contributed by atoms with van der Waals surface area (Å²) in [5, 5.41) is 10.3. The van der Waals surface area contributed by atoms with Gasteiger partial charge in [-0.25, -0.2) is 0 Å². The van der Waals surface area contributed by atoms with Gasteiger partial charge in [-0.3, -0.25) is 0 Å². The Bertz CT molecular complexity index is 457. The van der Waals surface area contributed by atoms with E-state index in [2.05, 4.69) is 32.2 Å². The maximum atomic E-state index is 6.30. The summed E-state index contributed by atoms with van der Waals surface area (Å²) in [6.07, 6.45) is 5.37. The Labute approximate surface area is 97.9 Å². The van der Waals surface area contributed by atoms with E-state index in [9.17, 15) is 0 Å². The average Bonchev–Trinajstić information content (AvgIpc) is 2.75. The molecule has 4 heteroatoms. The van der Waals surface area contributed by atoms with E-state index in [1.807, 2.05) is 0 Å². The molecule has 0 aromatic carbocycles. The number of hydrogen-bond donors (Lipinski definition) is 0. The van der Waals surface area contributed by atoms with Crippen LogP contribution in [0.4, 0.5) is 0 Å². The van der Waals surface area contributed by atoms with Crippen molar-refractivity contribution < 1.29 is 21.3 Å². The Balaban J connectivity index is 4.15. The molecule has 0 amide bonds. The van der Waals surface area contributed by atoms with Gasteiger partial charge in [0.1, 0.15) is 0 Å². The number of allylic oxidation sites excluding steroid dienone is 2. The molecule has 0 bridgehead atoms. The topological polar surface area (TPSA) is 27.7 Å². The summed E-state index contributed by atoms with van der Waals surface area (Å²) in [6.45, 7) is 0. The SMILES string of the molecule is C[O][Ti]([CH3])([CH3])([CH3])([CH3])([CH3])([O]C)([O]C)[C]1=CCCC1. The summed E-state index contributed by atoms with van der Waals surface area (Å²) < 4.78 is 20.1. The molecule has 1 aliphatic rings. The van der Waals surface area contributed by atoms with Crippen LogP contribution in [0.1, 0.15) is 19.3 Å². The summed E-state index contributed by atoms with van der Waals surface area (Å²) >= 11 is -5.91. The number of hydrogen-bond acceptors (Lipinski definition) is 3. The molecule has 0 radical (unpaired) electrons. The predicted molar refractivity (Wildman–Crippen MR) is 72.3 cm³/mol. The molecule has 0 fully saturated rings. The van der Waals surface area contributed by atoms with E-state index < -0.39 is 11.3 Å². The maximum absolute atomic E-state index is 6.30. The molecule has 1 aliphatic carbocycles. The van der Waals surface area contributed by atoms with Crippen molar-refractivity contribution in [3.8, 4) is 0 Å². The second-order valence-electron chi connectivity index (χ2n) is 12.1. The van der Waals surface area contributed by atoms with Crippen LogP contribution in [0.2, 0.25) is 26.1 Å². The van der Waals surface area contributed by atoms with Crippen LogP contribution in [-0.2, 0) is 21.3 Å². The number of rotatable bonds is 4. The zero-order chi connectivity index (χ0) is 13.9. The summed E-state index contributed by atoms with van der Waals surface area (Å²) in [5.41, 5.74) is 0. The van der Waals surface area contributed by atoms with Crippen molar-refractivity contribution in [3.05, 3.63) is 9.95 Å². The van der Waals surface area contributed by atoms with Crippen LogP contribution < -0.4 is 0 Å². The van der Waals surface area contributed by atoms with Gasteiger partial charge >= 0.3 is 98.0 Å². The van der Waals surface area contributed by atoms with Crippen LogP contribution in [0.3, 0.4) is 0 Å². The fourth-order valence-corrected chi connectivity index (χ4v) is 9.65. The fourth-order valence-electron chi connectivity index (χ4n) is 2.73. The van der Waals surface area contributed by atoms with Crippen LogP contribution in [0.5, 0.6) is 0 Å². The van der Waals surface area contributed by atoms with Crippen LogP contribution in [0.25, 0.3) is 0 Å². The molecule has 0 N–H and O–H groups in total. The second kappa shape index (κ2) is 1.79. The molecule has 0 heterocycles. The van der Waals surface area contributed by atoms with Crippen LogP contribution >= 0.6 is 0 Å². The van der Waals surface area contributed by atoms with Crippen molar-refractivity contribution in [3.63, 3.8) is 0 Å². The Morgan fingerprint density at radius 3 is 1.53 bits per heavy atom. The van der Waals surface area contributed by atoms with Gasteiger partial charge in [0.2, 0.25) is 0 Å². The predicted octanol–water partition coefficient (Wildman–Crippen LogP) is 4.81. The Morgan fingerprint density at radius 1 is 0.882 bits per heavy atom. The fraction of sp³-hybridized carbons (Fsp3) is 0.846. The molecule has 0 saturated carbocycles. The molecule has 105 valence electrons. The Morgan fingerprint density at radius 2 is 1.29 bits per heavy atom. The van der Waals surface area contributed by atoms with Crippen molar-refractivity contribution in [2.45, 2.75) is 45.4 Å². The Hall–Kier alpha value is 0.334. The van der Waals surface area contributed by atoms with Crippen molar-refractivity contribution in [1.82, 2.24) is 0 Å². The van der Waals surface area contributed by atoms with Gasteiger partial charge in [0.25, 0.3) is 0 Å². The van der Waals surface area contributed by atoms with E-state index >= 15 is 0 Å². The van der Waals surface area contributed by atoms with Crippen LogP contribution in [0.15, 0.2) is 9.95 Å². The van der Waals surface area contributed by atoms with Gasteiger partial charge in [0.15, 0.2) is 0 Å². The molecule has 3 nitrogen and oxygen atoms in total. The molecule has 0 atom stereocenters. The summed E-state index contributed by atoms with van der Waals surface area (Å²) in [6, 6.07) is 0. The van der Waals surface area contributed by atoms with Gasteiger partial charge in [0.05, 0.1) is 0 Å². The van der Waals surface area contributed by atoms with E-state index in [-0.39, 0.29) is 0 Å². The first-order chi connectivity index (χ1) is 7.00. The molecule has 0 saturated heterocycles. The normalized spacial score (nSPS) is 29.9. The third kappa shape index (κ3) is 1.50. The molecule has 1 rings (SSSR count). The third-order valence-corrected chi connectivity index (χ3v) is 25.9. The van der Waals surface area contributed by atoms with Crippen molar-refractivity contribution in [1.29, 1.82) is 0 Å². The monoisotopic (exact) mass is 283 g/mol. The minimum absolute atomic E-state index is 0.954. The summed E-state index contributed by atoms with van der Waals surface area (Å²) in [7, 11) is 5.11. The average molecular weight is 283 g/mol. The first-order valence-corrected chi connectivity index (χ1v) is 17.1. The van der Waals surface area contributed by atoms with Crippen LogP contribution in [-0.4, -0.2) is 21.3 Å². The molecule has 0 aliphatic heterocycles. The van der Waals surface area contributed by atoms with Crippen molar-refractivity contribution in [2.75, 3.05) is 21.3 Å². The van der Waals surface area contributed by atoms with Crippen LogP contribution in [0, 0.1) is 0 Å². The standard InChI is InChI=1S/C5H7.3CH3O.5CH3.Ti/c1-2-4-5-3-1;3*1-2;;;;;;/h1H,2,4-5H2;3*1H3;5*1H3;/q;3*-1;;;;;;+3. The minimum atomic E-state index is -5.91. The molecule has 17 heavy (non-hydrogen) atoms. The summed E-state index contributed by atoms with van der Waals surface area (Å²) in [4.78, 5) is 0. The molecule has 0 aromatic rings. The van der Waals surface area contributed by atoms with Gasteiger partial charge in [-0.2, -0.15) is 0 Å². The second-order valence-corrected chi connectivity index (χ2v) is 45.8. The van der Waals surface area contributed by atoms with Gasteiger partial charge in [0, 0.05) is 0 Å². The van der Waals surface area contributed by atoms with Gasteiger partial charge < -0.3 is 0 Å². The molecular weight excluding hydrogens is 252 g/mol. The zero-order valence-corrected chi connectivity index (χ0v) is 14.5. The molecule has 0 spiro atoms. The van der Waals surface area contributed by atoms with E-state index in [1.54, 1.807) is 21.3 Å². The molecular formula is C13H31O3Ti. The van der Waals surface area contributed by atoms with E-state index in [1.165, 1.54) is 0 Å².